The Morgan fingerprint density at radius 3 is 2.33 bits per heavy atom. The number of hydrogen-bond acceptors (Lipinski definition) is 1. The van der Waals surface area contributed by atoms with Gasteiger partial charge in [-0.25, -0.2) is 0 Å². The molecule has 21 heavy (non-hydrogen) atoms. The lowest BCUT2D eigenvalue weighted by atomic mass is 9.85. The van der Waals surface area contributed by atoms with Crippen molar-refractivity contribution >= 4 is 23.2 Å². The highest BCUT2D eigenvalue weighted by atomic mass is 35.5. The molecule has 0 aliphatic rings. The third kappa shape index (κ3) is 3.93. The van der Waals surface area contributed by atoms with Crippen LogP contribution in [-0.2, 0) is 11.3 Å². The summed E-state index contributed by atoms with van der Waals surface area (Å²) in [7, 11) is 0. The molecule has 0 atom stereocenters. The molecule has 0 saturated carbocycles. The van der Waals surface area contributed by atoms with Crippen molar-refractivity contribution in [3.05, 3.63) is 58.1 Å². The monoisotopic (exact) mass is 322 g/mol. The lowest BCUT2D eigenvalue weighted by Crippen LogP contribution is -2.13. The zero-order valence-electron chi connectivity index (χ0n) is 12.8. The smallest absolute Gasteiger partial charge is 0.133 e. The molecule has 0 aliphatic heterocycles. The first-order valence-corrected chi connectivity index (χ1v) is 7.86. The minimum atomic E-state index is 0.00105. The van der Waals surface area contributed by atoms with E-state index in [0.717, 1.165) is 11.3 Å². The molecule has 0 heterocycles. The van der Waals surface area contributed by atoms with Gasteiger partial charge in [0, 0.05) is 16.1 Å². The van der Waals surface area contributed by atoms with Crippen molar-refractivity contribution in [2.45, 2.75) is 39.0 Å². The second kappa shape index (κ2) is 6.29. The predicted octanol–water partition coefficient (Wildman–Crippen LogP) is 6.48. The molecule has 0 aliphatic carbocycles. The molecular weight excluding hydrogens is 303 g/mol. The summed E-state index contributed by atoms with van der Waals surface area (Å²) in [5.41, 5.74) is 3.32. The summed E-state index contributed by atoms with van der Waals surface area (Å²) < 4.78 is 6.12. The van der Waals surface area contributed by atoms with Crippen molar-refractivity contribution in [2.24, 2.45) is 0 Å². The van der Waals surface area contributed by atoms with E-state index in [9.17, 15) is 0 Å². The van der Waals surface area contributed by atoms with Gasteiger partial charge in [-0.15, -0.1) is 11.6 Å². The van der Waals surface area contributed by atoms with E-state index in [1.165, 1.54) is 11.1 Å². The average Bonchev–Trinajstić information content (AvgIpc) is 2.40. The molecule has 0 bridgehead atoms. The molecule has 0 spiro atoms. The van der Waals surface area contributed by atoms with Crippen LogP contribution < -0.4 is 4.74 Å². The van der Waals surface area contributed by atoms with Crippen LogP contribution in [0.2, 0.25) is 5.02 Å². The third-order valence-electron chi connectivity index (χ3n) is 3.34. The third-order valence-corrected chi connectivity index (χ3v) is 3.86. The van der Waals surface area contributed by atoms with Gasteiger partial charge in [0.15, 0.2) is 0 Å². The van der Waals surface area contributed by atoms with Crippen LogP contribution in [0.1, 0.15) is 37.5 Å². The molecule has 0 radical (unpaired) electrons. The highest BCUT2D eigenvalue weighted by molar-refractivity contribution is 6.30. The molecule has 2 aromatic carbocycles. The zero-order chi connectivity index (χ0) is 15.6. The van der Waals surface area contributed by atoms with Gasteiger partial charge in [-0.05, 0) is 30.5 Å². The molecule has 0 aromatic heterocycles. The van der Waals surface area contributed by atoms with Crippen LogP contribution in [-0.4, -0.2) is 0 Å². The molecule has 0 unspecified atom stereocenters. The van der Waals surface area contributed by atoms with Crippen LogP contribution in [0.4, 0.5) is 0 Å². The predicted molar refractivity (Wildman–Crippen MR) is 91.0 cm³/mol. The Bertz CT molecular complexity index is 642. The summed E-state index contributed by atoms with van der Waals surface area (Å²) >= 11 is 12.1. The first-order valence-electron chi connectivity index (χ1n) is 6.94. The van der Waals surface area contributed by atoms with E-state index in [1.54, 1.807) is 0 Å². The van der Waals surface area contributed by atoms with Gasteiger partial charge >= 0.3 is 0 Å². The quantitative estimate of drug-likeness (QED) is 0.588. The molecule has 1 nitrogen and oxygen atoms in total. The van der Waals surface area contributed by atoms with E-state index >= 15 is 0 Å². The standard InChI is InChI=1S/C18H20Cl2O/c1-12-5-8-16(15(9-12)18(2,3)4)21-17-10-14(20)7-6-13(17)11-19/h5-10H,11H2,1-4H3. The highest BCUT2D eigenvalue weighted by Crippen LogP contribution is 2.37. The lowest BCUT2D eigenvalue weighted by Gasteiger charge is -2.24. The van der Waals surface area contributed by atoms with Gasteiger partial charge in [-0.3, -0.25) is 0 Å². The number of rotatable bonds is 3. The van der Waals surface area contributed by atoms with E-state index in [2.05, 4.69) is 39.8 Å². The van der Waals surface area contributed by atoms with Gasteiger partial charge in [0.2, 0.25) is 0 Å². The van der Waals surface area contributed by atoms with Crippen molar-refractivity contribution in [1.29, 1.82) is 0 Å². The van der Waals surface area contributed by atoms with Crippen molar-refractivity contribution in [1.82, 2.24) is 0 Å². The highest BCUT2D eigenvalue weighted by Gasteiger charge is 2.20. The Balaban J connectivity index is 2.47. The summed E-state index contributed by atoms with van der Waals surface area (Å²) in [5, 5.41) is 0.642. The van der Waals surface area contributed by atoms with Gasteiger partial charge in [-0.2, -0.15) is 0 Å². The fourth-order valence-corrected chi connectivity index (χ4v) is 2.55. The van der Waals surface area contributed by atoms with Crippen LogP contribution in [0, 0.1) is 6.92 Å². The molecule has 2 rings (SSSR count). The maximum atomic E-state index is 6.12. The number of benzene rings is 2. The van der Waals surface area contributed by atoms with Gasteiger partial charge in [0.1, 0.15) is 11.5 Å². The van der Waals surface area contributed by atoms with Crippen LogP contribution in [0.3, 0.4) is 0 Å². The number of halogens is 2. The molecule has 0 N–H and O–H groups in total. The summed E-state index contributed by atoms with van der Waals surface area (Å²) in [4.78, 5) is 0. The van der Waals surface area contributed by atoms with Crippen molar-refractivity contribution in [3.63, 3.8) is 0 Å². The normalized spacial score (nSPS) is 11.5. The number of alkyl halides is 1. The molecule has 112 valence electrons. The summed E-state index contributed by atoms with van der Waals surface area (Å²) in [6.45, 7) is 8.61. The van der Waals surface area contributed by atoms with E-state index in [1.807, 2.05) is 24.3 Å². The average molecular weight is 323 g/mol. The Kier molecular flexibility index (Phi) is 4.85. The lowest BCUT2D eigenvalue weighted by molar-refractivity contribution is 0.452. The number of hydrogen-bond donors (Lipinski definition) is 0. The van der Waals surface area contributed by atoms with Crippen molar-refractivity contribution < 1.29 is 4.74 Å². The summed E-state index contributed by atoms with van der Waals surface area (Å²) in [5.74, 6) is 1.96. The van der Waals surface area contributed by atoms with E-state index in [4.69, 9.17) is 27.9 Å². The first-order chi connectivity index (χ1) is 9.81. The van der Waals surface area contributed by atoms with Gasteiger partial charge in [-0.1, -0.05) is 56.1 Å². The fraction of sp³-hybridized carbons (Fsp3) is 0.333. The SMILES string of the molecule is Cc1ccc(Oc2cc(Cl)ccc2CCl)c(C(C)(C)C)c1. The Morgan fingerprint density at radius 2 is 1.71 bits per heavy atom. The summed E-state index contributed by atoms with van der Waals surface area (Å²) in [6, 6.07) is 11.8. The van der Waals surface area contributed by atoms with Crippen LogP contribution >= 0.6 is 23.2 Å². The van der Waals surface area contributed by atoms with Crippen LogP contribution in [0.15, 0.2) is 36.4 Å². The largest absolute Gasteiger partial charge is 0.457 e. The first kappa shape index (κ1) is 16.2. The zero-order valence-corrected chi connectivity index (χ0v) is 14.3. The Hall–Kier alpha value is -1.18. The maximum absolute atomic E-state index is 6.12. The molecule has 2 aromatic rings. The number of ether oxygens (including phenoxy) is 1. The maximum Gasteiger partial charge on any atom is 0.133 e. The second-order valence-corrected chi connectivity index (χ2v) is 6.94. The van der Waals surface area contributed by atoms with E-state index in [0.29, 0.717) is 16.7 Å². The summed E-state index contributed by atoms with van der Waals surface area (Å²) in [6.07, 6.45) is 0. The Labute approximate surface area is 136 Å². The number of aryl methyl sites for hydroxylation is 1. The minimum absolute atomic E-state index is 0.00105. The van der Waals surface area contributed by atoms with Crippen molar-refractivity contribution in [2.75, 3.05) is 0 Å². The van der Waals surface area contributed by atoms with E-state index < -0.39 is 0 Å². The van der Waals surface area contributed by atoms with Gasteiger partial charge < -0.3 is 4.74 Å². The molecular formula is C18H20Cl2O. The van der Waals surface area contributed by atoms with E-state index in [-0.39, 0.29) is 5.41 Å². The van der Waals surface area contributed by atoms with Crippen LogP contribution in [0.5, 0.6) is 11.5 Å². The van der Waals surface area contributed by atoms with Crippen LogP contribution in [0.25, 0.3) is 0 Å². The van der Waals surface area contributed by atoms with Crippen molar-refractivity contribution in [3.8, 4) is 11.5 Å². The molecule has 0 saturated heterocycles. The Morgan fingerprint density at radius 1 is 1.00 bits per heavy atom. The molecule has 0 fully saturated rings. The van der Waals surface area contributed by atoms with Gasteiger partial charge in [0.25, 0.3) is 0 Å². The molecule has 3 heteroatoms. The topological polar surface area (TPSA) is 9.23 Å². The molecule has 0 amide bonds. The minimum Gasteiger partial charge on any atom is -0.457 e. The second-order valence-electron chi connectivity index (χ2n) is 6.24. The fourth-order valence-electron chi connectivity index (χ4n) is 2.17. The van der Waals surface area contributed by atoms with Gasteiger partial charge in [0.05, 0.1) is 5.88 Å².